The summed E-state index contributed by atoms with van der Waals surface area (Å²) in [6.45, 7) is 0.352. The lowest BCUT2D eigenvalue weighted by Gasteiger charge is -2.35. The fourth-order valence-electron chi connectivity index (χ4n) is 3.29. The number of benzene rings is 2. The predicted octanol–water partition coefficient (Wildman–Crippen LogP) is 2.24. The van der Waals surface area contributed by atoms with Crippen molar-refractivity contribution < 1.29 is 41.1 Å². The quantitative estimate of drug-likeness (QED) is 0.334. The Morgan fingerprint density at radius 1 is 1.00 bits per heavy atom. The number of carbonyl (C=O) groups is 3. The van der Waals surface area contributed by atoms with E-state index in [9.17, 15) is 36.3 Å². The molecule has 2 aromatic carbocycles. The van der Waals surface area contributed by atoms with E-state index in [4.69, 9.17) is 10.1 Å². The minimum atomic E-state index is -5.15. The molecule has 0 saturated carbocycles. The second kappa shape index (κ2) is 10.6. The molecule has 1 heterocycles. The van der Waals surface area contributed by atoms with Crippen molar-refractivity contribution in [1.29, 1.82) is 5.41 Å². The van der Waals surface area contributed by atoms with Crippen LogP contribution in [-0.2, 0) is 9.53 Å². The first-order valence-corrected chi connectivity index (χ1v) is 10.2. The first-order chi connectivity index (χ1) is 16.5. The van der Waals surface area contributed by atoms with Crippen LogP contribution in [0.5, 0.6) is 0 Å². The molecule has 0 radical (unpaired) electrons. The number of nitrogens with one attached hydrogen (secondary N) is 3. The molecule has 1 aliphatic heterocycles. The summed E-state index contributed by atoms with van der Waals surface area (Å²) in [7, 11) is 0. The molecule has 0 spiro atoms. The van der Waals surface area contributed by atoms with E-state index in [0.717, 1.165) is 12.1 Å². The van der Waals surface area contributed by atoms with E-state index < -0.39 is 47.4 Å². The third-order valence-electron chi connectivity index (χ3n) is 5.03. The smallest absolute Gasteiger partial charge is 0.377 e. The fourth-order valence-corrected chi connectivity index (χ4v) is 3.29. The molecule has 1 aliphatic rings. The van der Waals surface area contributed by atoms with Gasteiger partial charge < -0.3 is 20.3 Å². The van der Waals surface area contributed by atoms with Crippen LogP contribution in [-0.4, -0.2) is 67.0 Å². The van der Waals surface area contributed by atoms with Crippen LogP contribution in [0.1, 0.15) is 26.3 Å². The summed E-state index contributed by atoms with van der Waals surface area (Å²) in [6.07, 6.45) is -5.15. The summed E-state index contributed by atoms with van der Waals surface area (Å²) in [5.41, 5.74) is -0.138. The summed E-state index contributed by atoms with van der Waals surface area (Å²) in [4.78, 5) is 37.5. The molecule has 186 valence electrons. The average molecular weight is 498 g/mol. The summed E-state index contributed by atoms with van der Waals surface area (Å²) in [5, 5.41) is 11.6. The number of hydrogen-bond acceptors (Lipinski definition) is 5. The molecule has 2 aromatic rings. The van der Waals surface area contributed by atoms with E-state index in [2.05, 4.69) is 5.32 Å². The SMILES string of the molecule is N=C(NC(=O)C(F)(F)F)c1ccc(C(=O)NCC2COCCN2C(=O)c2cc(F)cc(F)c2)cc1. The van der Waals surface area contributed by atoms with Crippen LogP contribution in [0.4, 0.5) is 22.0 Å². The Labute approximate surface area is 195 Å². The largest absolute Gasteiger partial charge is 0.471 e. The zero-order valence-electron chi connectivity index (χ0n) is 17.9. The van der Waals surface area contributed by atoms with Crippen molar-refractivity contribution in [3.63, 3.8) is 0 Å². The van der Waals surface area contributed by atoms with Crippen molar-refractivity contribution in [2.24, 2.45) is 0 Å². The number of rotatable bonds is 5. The zero-order chi connectivity index (χ0) is 25.8. The van der Waals surface area contributed by atoms with Gasteiger partial charge >= 0.3 is 12.1 Å². The standard InChI is InChI=1S/C22H19F5N4O4/c23-15-7-14(8-16(24)9-15)20(33)31-5-6-35-11-17(31)10-29-19(32)13-3-1-12(2-4-13)18(28)30-21(34)22(25,26)27/h1-4,7-9,17H,5-6,10-11H2,(H,29,32)(H2,28,30,34). The lowest BCUT2D eigenvalue weighted by Crippen LogP contribution is -2.53. The Bertz CT molecular complexity index is 1120. The summed E-state index contributed by atoms with van der Waals surface area (Å²) >= 11 is 0. The van der Waals surface area contributed by atoms with E-state index >= 15 is 0 Å². The number of nitrogens with zero attached hydrogens (tertiary/aromatic N) is 1. The highest BCUT2D eigenvalue weighted by Gasteiger charge is 2.39. The molecule has 13 heteroatoms. The molecule has 1 fully saturated rings. The van der Waals surface area contributed by atoms with Crippen molar-refractivity contribution in [2.45, 2.75) is 12.2 Å². The Balaban J connectivity index is 1.61. The second-order valence-corrected chi connectivity index (χ2v) is 7.50. The average Bonchev–Trinajstić information content (AvgIpc) is 2.81. The number of amides is 3. The van der Waals surface area contributed by atoms with Gasteiger partial charge in [-0.3, -0.25) is 19.8 Å². The van der Waals surface area contributed by atoms with Crippen LogP contribution in [0.15, 0.2) is 42.5 Å². The number of hydrogen-bond donors (Lipinski definition) is 3. The predicted molar refractivity (Wildman–Crippen MR) is 112 cm³/mol. The maximum Gasteiger partial charge on any atom is 0.471 e. The van der Waals surface area contributed by atoms with Crippen molar-refractivity contribution in [1.82, 2.24) is 15.5 Å². The summed E-state index contributed by atoms with van der Waals surface area (Å²) < 4.78 is 69.3. The molecule has 35 heavy (non-hydrogen) atoms. The number of alkyl halides is 3. The van der Waals surface area contributed by atoms with E-state index in [-0.39, 0.29) is 43.0 Å². The molecular weight excluding hydrogens is 479 g/mol. The van der Waals surface area contributed by atoms with Gasteiger partial charge in [-0.1, -0.05) is 12.1 Å². The third-order valence-corrected chi connectivity index (χ3v) is 5.03. The Kier molecular flexibility index (Phi) is 7.79. The highest BCUT2D eigenvalue weighted by molar-refractivity contribution is 6.08. The van der Waals surface area contributed by atoms with E-state index in [1.165, 1.54) is 34.5 Å². The fraction of sp³-hybridized carbons (Fsp3) is 0.273. The van der Waals surface area contributed by atoms with Crippen LogP contribution in [0, 0.1) is 17.0 Å². The van der Waals surface area contributed by atoms with Crippen LogP contribution in [0.25, 0.3) is 0 Å². The van der Waals surface area contributed by atoms with Crippen LogP contribution in [0.3, 0.4) is 0 Å². The first-order valence-electron chi connectivity index (χ1n) is 10.2. The van der Waals surface area contributed by atoms with Gasteiger partial charge in [0.1, 0.15) is 17.5 Å². The minimum Gasteiger partial charge on any atom is -0.377 e. The molecule has 1 unspecified atom stereocenters. The lowest BCUT2D eigenvalue weighted by molar-refractivity contribution is -0.171. The number of ether oxygens (including phenoxy) is 1. The number of amidine groups is 1. The molecule has 3 rings (SSSR count). The Hall–Kier alpha value is -3.87. The molecular formula is C22H19F5N4O4. The lowest BCUT2D eigenvalue weighted by atomic mass is 10.1. The Morgan fingerprint density at radius 3 is 2.20 bits per heavy atom. The molecule has 0 aromatic heterocycles. The summed E-state index contributed by atoms with van der Waals surface area (Å²) in [6, 6.07) is 6.70. The monoisotopic (exact) mass is 498 g/mol. The van der Waals surface area contributed by atoms with Crippen LogP contribution >= 0.6 is 0 Å². The van der Waals surface area contributed by atoms with E-state index in [0.29, 0.717) is 6.07 Å². The number of halogens is 5. The van der Waals surface area contributed by atoms with Crippen molar-refractivity contribution >= 4 is 23.6 Å². The highest BCUT2D eigenvalue weighted by atomic mass is 19.4. The molecule has 8 nitrogen and oxygen atoms in total. The molecule has 3 amide bonds. The van der Waals surface area contributed by atoms with Gasteiger partial charge in [0.25, 0.3) is 11.8 Å². The first kappa shape index (κ1) is 25.7. The van der Waals surface area contributed by atoms with Gasteiger partial charge in [-0.05, 0) is 24.3 Å². The third kappa shape index (κ3) is 6.59. The minimum absolute atomic E-state index is 0.0540. The normalized spacial score (nSPS) is 15.9. The molecule has 3 N–H and O–H groups in total. The topological polar surface area (TPSA) is 112 Å². The van der Waals surface area contributed by atoms with Crippen LogP contribution < -0.4 is 10.6 Å². The van der Waals surface area contributed by atoms with E-state index in [1.54, 1.807) is 0 Å². The maximum absolute atomic E-state index is 13.5. The molecule has 1 atom stereocenters. The van der Waals surface area contributed by atoms with Gasteiger partial charge in [-0.15, -0.1) is 0 Å². The second-order valence-electron chi connectivity index (χ2n) is 7.50. The van der Waals surface area contributed by atoms with Gasteiger partial charge in [0.15, 0.2) is 0 Å². The molecule has 1 saturated heterocycles. The van der Waals surface area contributed by atoms with Gasteiger partial charge in [0.05, 0.1) is 19.3 Å². The van der Waals surface area contributed by atoms with Gasteiger partial charge in [-0.2, -0.15) is 13.2 Å². The number of morpholine rings is 1. The van der Waals surface area contributed by atoms with Crippen molar-refractivity contribution in [3.8, 4) is 0 Å². The Morgan fingerprint density at radius 2 is 1.60 bits per heavy atom. The van der Waals surface area contributed by atoms with Crippen molar-refractivity contribution in [3.05, 3.63) is 70.8 Å². The van der Waals surface area contributed by atoms with Crippen LogP contribution in [0.2, 0.25) is 0 Å². The summed E-state index contributed by atoms with van der Waals surface area (Å²) in [5.74, 6) is -6.10. The van der Waals surface area contributed by atoms with Gasteiger partial charge in [0, 0.05) is 35.8 Å². The van der Waals surface area contributed by atoms with Gasteiger partial charge in [0.2, 0.25) is 0 Å². The molecule has 0 bridgehead atoms. The zero-order valence-corrected chi connectivity index (χ0v) is 17.9. The van der Waals surface area contributed by atoms with Crippen molar-refractivity contribution in [2.75, 3.05) is 26.3 Å². The maximum atomic E-state index is 13.5. The number of carbonyl (C=O) groups excluding carboxylic acids is 3. The highest BCUT2D eigenvalue weighted by Crippen LogP contribution is 2.16. The van der Waals surface area contributed by atoms with Gasteiger partial charge in [-0.25, -0.2) is 8.78 Å². The molecule has 0 aliphatic carbocycles. The van der Waals surface area contributed by atoms with E-state index in [1.807, 2.05) is 0 Å².